The molecular weight excluding hydrogens is 612 g/mol. The number of benzene rings is 1. The van der Waals surface area contributed by atoms with Gasteiger partial charge < -0.3 is 15.1 Å². The van der Waals surface area contributed by atoms with Crippen LogP contribution < -0.4 is 5.32 Å². The molecule has 3 heterocycles. The van der Waals surface area contributed by atoms with Crippen LogP contribution in [0.4, 0.5) is 13.6 Å². The van der Waals surface area contributed by atoms with Gasteiger partial charge >= 0.3 is 6.03 Å². The zero-order chi connectivity index (χ0) is 32.1. The third kappa shape index (κ3) is 9.57. The predicted molar refractivity (Wildman–Crippen MR) is 167 cm³/mol. The molecule has 3 aliphatic heterocycles. The quantitative estimate of drug-likeness (QED) is 0.390. The third-order valence-corrected chi connectivity index (χ3v) is 12.4. The summed E-state index contributed by atoms with van der Waals surface area (Å²) in [5, 5.41) is 3.08. The van der Waals surface area contributed by atoms with Crippen molar-refractivity contribution < 1.29 is 30.4 Å². The second-order valence-electron chi connectivity index (χ2n) is 12.7. The van der Waals surface area contributed by atoms with Crippen LogP contribution in [-0.4, -0.2) is 119 Å². The molecule has 0 aliphatic carbocycles. The highest BCUT2D eigenvalue weighted by atomic mass is 32.2. The highest BCUT2D eigenvalue weighted by Crippen LogP contribution is 2.37. The number of rotatable bonds is 11. The van der Waals surface area contributed by atoms with Gasteiger partial charge in [0, 0.05) is 64.5 Å². The Morgan fingerprint density at radius 3 is 1.89 bits per heavy atom. The molecule has 1 aromatic carbocycles. The fourth-order valence-electron chi connectivity index (χ4n) is 7.20. The summed E-state index contributed by atoms with van der Waals surface area (Å²) in [6.45, 7) is 7.31. The van der Waals surface area contributed by atoms with Crippen LogP contribution in [0.1, 0.15) is 63.4 Å². The maximum atomic E-state index is 14.2. The Morgan fingerprint density at radius 2 is 1.39 bits per heavy atom. The predicted octanol–water partition coefficient (Wildman–Crippen LogP) is 3.28. The van der Waals surface area contributed by atoms with Crippen LogP contribution in [0.2, 0.25) is 0 Å². The standard InChI is InChI=1S/C30H49F2N5O5S2/c1-4-37(30(38)33-22-23-5-15-35(16-6-23)43(2,39)40)28-9-12-34(13-10-28)14-11-29(25-19-26(31)21-27(32)20-25)24-7-17-36(18-8-24)44(3,41)42/h19-21,23-24,28-29H,4-18,22H2,1-3H3,(H,33,38). The topological polar surface area (TPSA) is 110 Å². The molecule has 0 saturated carbocycles. The van der Waals surface area contributed by atoms with E-state index in [1.807, 2.05) is 11.8 Å². The number of amides is 2. The normalized spacial score (nSPS) is 21.8. The van der Waals surface area contributed by atoms with Crippen molar-refractivity contribution in [3.05, 3.63) is 35.4 Å². The van der Waals surface area contributed by atoms with Gasteiger partial charge in [0.1, 0.15) is 11.6 Å². The second-order valence-corrected chi connectivity index (χ2v) is 16.7. The highest BCUT2D eigenvalue weighted by Gasteiger charge is 2.33. The molecule has 1 unspecified atom stereocenters. The van der Waals surface area contributed by atoms with Crippen molar-refractivity contribution in [1.29, 1.82) is 0 Å². The summed E-state index contributed by atoms with van der Waals surface area (Å²) in [6, 6.07) is 3.75. The van der Waals surface area contributed by atoms with Gasteiger partial charge in [-0.05, 0) is 93.9 Å². The molecule has 3 saturated heterocycles. The van der Waals surface area contributed by atoms with Crippen LogP contribution in [0.3, 0.4) is 0 Å². The van der Waals surface area contributed by atoms with Crippen molar-refractivity contribution in [2.75, 3.05) is 71.4 Å². The first-order valence-corrected chi connectivity index (χ1v) is 19.6. The van der Waals surface area contributed by atoms with Crippen LogP contribution in [0.15, 0.2) is 18.2 Å². The van der Waals surface area contributed by atoms with Crippen molar-refractivity contribution in [2.45, 2.75) is 63.8 Å². The number of nitrogens with one attached hydrogen (secondary N) is 1. The first-order valence-electron chi connectivity index (χ1n) is 15.9. The van der Waals surface area contributed by atoms with E-state index in [0.29, 0.717) is 64.1 Å². The Morgan fingerprint density at radius 1 is 0.864 bits per heavy atom. The van der Waals surface area contributed by atoms with Gasteiger partial charge in [0.05, 0.1) is 12.5 Å². The van der Waals surface area contributed by atoms with Crippen molar-refractivity contribution in [3.63, 3.8) is 0 Å². The molecule has 0 bridgehead atoms. The van der Waals surface area contributed by atoms with Gasteiger partial charge in [0.15, 0.2) is 0 Å². The Hall–Kier alpha value is -1.87. The van der Waals surface area contributed by atoms with Gasteiger partial charge in [-0.2, -0.15) is 0 Å². The number of sulfonamides is 2. The Kier molecular flexibility index (Phi) is 12.0. The maximum absolute atomic E-state index is 14.2. The number of carbonyl (C=O) groups excluding carboxylic acids is 1. The minimum Gasteiger partial charge on any atom is -0.338 e. The number of likely N-dealkylation sites (tertiary alicyclic amines) is 1. The lowest BCUT2D eigenvalue weighted by atomic mass is 9.78. The number of carbonyl (C=O) groups is 1. The molecular formula is C30H49F2N5O5S2. The van der Waals surface area contributed by atoms with E-state index in [1.54, 1.807) is 0 Å². The Labute approximate surface area is 262 Å². The summed E-state index contributed by atoms with van der Waals surface area (Å²) in [4.78, 5) is 17.4. The van der Waals surface area contributed by atoms with E-state index in [9.17, 15) is 30.4 Å². The minimum absolute atomic E-state index is 0.0786. The fraction of sp³-hybridized carbons (Fsp3) is 0.767. The number of hydrogen-bond donors (Lipinski definition) is 1. The van der Waals surface area contributed by atoms with E-state index in [0.717, 1.165) is 51.4 Å². The molecule has 0 radical (unpaired) electrons. The van der Waals surface area contributed by atoms with Crippen molar-refractivity contribution in [2.24, 2.45) is 11.8 Å². The molecule has 14 heteroatoms. The lowest BCUT2D eigenvalue weighted by molar-refractivity contribution is 0.117. The summed E-state index contributed by atoms with van der Waals surface area (Å²) in [5.74, 6) is -0.893. The van der Waals surface area contributed by atoms with E-state index < -0.39 is 31.7 Å². The first kappa shape index (κ1) is 35.0. The van der Waals surface area contributed by atoms with Gasteiger partial charge in [0.25, 0.3) is 0 Å². The maximum Gasteiger partial charge on any atom is 0.317 e. The molecule has 1 aromatic rings. The second kappa shape index (κ2) is 15.1. The number of nitrogens with zero attached hydrogens (tertiary/aromatic N) is 4. The molecule has 2 amide bonds. The highest BCUT2D eigenvalue weighted by molar-refractivity contribution is 7.88. The van der Waals surface area contributed by atoms with E-state index in [-0.39, 0.29) is 29.8 Å². The summed E-state index contributed by atoms with van der Waals surface area (Å²) in [6.07, 6.45) is 7.59. The van der Waals surface area contributed by atoms with Crippen LogP contribution in [0.25, 0.3) is 0 Å². The molecule has 1 atom stereocenters. The average molecular weight is 662 g/mol. The molecule has 3 aliphatic rings. The smallest absolute Gasteiger partial charge is 0.317 e. The zero-order valence-corrected chi connectivity index (χ0v) is 27.9. The van der Waals surface area contributed by atoms with Gasteiger partial charge in [0.2, 0.25) is 20.0 Å². The van der Waals surface area contributed by atoms with E-state index in [4.69, 9.17) is 0 Å². The van der Waals surface area contributed by atoms with Gasteiger partial charge in [-0.15, -0.1) is 0 Å². The molecule has 44 heavy (non-hydrogen) atoms. The van der Waals surface area contributed by atoms with Crippen LogP contribution in [0.5, 0.6) is 0 Å². The molecule has 4 rings (SSSR count). The molecule has 3 fully saturated rings. The van der Waals surface area contributed by atoms with Crippen LogP contribution >= 0.6 is 0 Å². The molecule has 0 spiro atoms. The monoisotopic (exact) mass is 661 g/mol. The lowest BCUT2D eigenvalue weighted by Gasteiger charge is -2.40. The van der Waals surface area contributed by atoms with Crippen molar-refractivity contribution in [1.82, 2.24) is 23.7 Å². The molecule has 10 nitrogen and oxygen atoms in total. The third-order valence-electron chi connectivity index (χ3n) is 9.79. The van der Waals surface area contributed by atoms with E-state index in [1.165, 1.54) is 33.3 Å². The van der Waals surface area contributed by atoms with E-state index >= 15 is 0 Å². The first-order chi connectivity index (χ1) is 20.7. The summed E-state index contributed by atoms with van der Waals surface area (Å²) in [5.41, 5.74) is 0.631. The van der Waals surface area contributed by atoms with Crippen molar-refractivity contribution >= 4 is 26.1 Å². The fourth-order valence-corrected chi connectivity index (χ4v) is 8.94. The average Bonchev–Trinajstić information content (AvgIpc) is 2.96. The lowest BCUT2D eigenvalue weighted by Crippen LogP contribution is -2.51. The summed E-state index contributed by atoms with van der Waals surface area (Å²) >= 11 is 0. The van der Waals surface area contributed by atoms with Crippen LogP contribution in [-0.2, 0) is 20.0 Å². The number of piperidine rings is 3. The van der Waals surface area contributed by atoms with Crippen molar-refractivity contribution in [3.8, 4) is 0 Å². The number of urea groups is 1. The SMILES string of the molecule is CCN(C(=O)NCC1CCN(S(C)(=O)=O)CC1)C1CCN(CCC(c2cc(F)cc(F)c2)C2CCN(S(C)(=O)=O)CC2)CC1. The molecule has 0 aromatic heterocycles. The largest absolute Gasteiger partial charge is 0.338 e. The Bertz CT molecular complexity index is 1300. The van der Waals surface area contributed by atoms with Gasteiger partial charge in [-0.1, -0.05) is 0 Å². The number of hydrogen-bond acceptors (Lipinski definition) is 6. The molecule has 1 N–H and O–H groups in total. The van der Waals surface area contributed by atoms with Gasteiger partial charge in [-0.3, -0.25) is 0 Å². The van der Waals surface area contributed by atoms with Crippen LogP contribution in [0, 0.1) is 23.5 Å². The summed E-state index contributed by atoms with van der Waals surface area (Å²) < 4.78 is 78.9. The Balaban J connectivity index is 1.27. The minimum atomic E-state index is -3.27. The zero-order valence-electron chi connectivity index (χ0n) is 26.3. The van der Waals surface area contributed by atoms with E-state index in [2.05, 4.69) is 10.2 Å². The molecule has 250 valence electrons. The number of halogens is 2. The van der Waals surface area contributed by atoms with Gasteiger partial charge in [-0.25, -0.2) is 39.0 Å². The summed E-state index contributed by atoms with van der Waals surface area (Å²) in [7, 11) is -6.44.